The molecule has 0 aromatic carbocycles. The summed E-state index contributed by atoms with van der Waals surface area (Å²) in [5.74, 6) is -1.00. The molecule has 0 bridgehead atoms. The zero-order chi connectivity index (χ0) is 6.20. The second kappa shape index (κ2) is 1.48. The molecule has 8 heavy (non-hydrogen) atoms. The molecule has 0 atom stereocenters. The van der Waals surface area contributed by atoms with Crippen LogP contribution in [0.25, 0.3) is 0 Å². The average molecular weight is 121 g/mol. The van der Waals surface area contributed by atoms with Crippen LogP contribution < -0.4 is 5.32 Å². The Labute approximate surface area is 44.9 Å². The fraction of sp³-hybridized carbons (Fsp3) is 0.750. The van der Waals surface area contributed by atoms with E-state index in [0.29, 0.717) is 0 Å². The molecule has 0 aromatic heterocycles. The number of halogens is 2. The Balaban J connectivity index is 2.68. The van der Waals surface area contributed by atoms with Crippen LogP contribution in [0.1, 0.15) is 6.42 Å². The highest BCUT2D eigenvalue weighted by atomic mass is 19.3. The Morgan fingerprint density at radius 3 is 2.38 bits per heavy atom. The minimum absolute atomic E-state index is 0.0486. The third-order valence-electron chi connectivity index (χ3n) is 1.05. The number of hydrogen-bond acceptors (Lipinski definition) is 2. The van der Waals surface area contributed by atoms with E-state index in [9.17, 15) is 13.6 Å². The van der Waals surface area contributed by atoms with Crippen LogP contribution in [0.4, 0.5) is 8.78 Å². The molecule has 4 heteroatoms. The van der Waals surface area contributed by atoms with Gasteiger partial charge in [0.25, 0.3) is 0 Å². The molecule has 2 nitrogen and oxygen atoms in total. The number of hydrogen-bond donors (Lipinski definition) is 1. The highest BCUT2D eigenvalue weighted by Gasteiger charge is 2.41. The number of carbonyl (C=O) groups is 1. The highest BCUT2D eigenvalue weighted by molar-refractivity contribution is 5.87. The lowest BCUT2D eigenvalue weighted by Gasteiger charge is -2.03. The number of rotatable bonds is 0. The summed E-state index contributed by atoms with van der Waals surface area (Å²) in [5, 5.41) is 1.76. The van der Waals surface area contributed by atoms with Crippen molar-refractivity contribution in [3.8, 4) is 0 Å². The smallest absolute Gasteiger partial charge is 0.291 e. The molecule has 0 unspecified atom stereocenters. The normalized spacial score (nSPS) is 26.5. The molecule has 1 fully saturated rings. The second-order valence-corrected chi connectivity index (χ2v) is 1.67. The van der Waals surface area contributed by atoms with Crippen LogP contribution in [0.3, 0.4) is 0 Å². The third kappa shape index (κ3) is 0.709. The van der Waals surface area contributed by atoms with E-state index in [1.54, 1.807) is 5.32 Å². The van der Waals surface area contributed by atoms with Crippen LogP contribution in [0, 0.1) is 0 Å². The molecule has 0 saturated carbocycles. The fourth-order valence-electron chi connectivity index (χ4n) is 0.589. The van der Waals surface area contributed by atoms with E-state index < -0.39 is 11.8 Å². The molecule has 0 amide bonds. The van der Waals surface area contributed by atoms with Crippen molar-refractivity contribution in [2.75, 3.05) is 6.54 Å². The minimum atomic E-state index is -3.24. The monoisotopic (exact) mass is 121 g/mol. The average Bonchev–Trinajstić information content (AvgIpc) is 1.86. The minimum Gasteiger partial charge on any atom is -0.291 e. The Hall–Kier alpha value is -0.510. The second-order valence-electron chi connectivity index (χ2n) is 1.67. The first-order valence-electron chi connectivity index (χ1n) is 2.29. The maximum absolute atomic E-state index is 11.9. The van der Waals surface area contributed by atoms with Crippen molar-refractivity contribution >= 4 is 5.78 Å². The molecule has 1 aliphatic heterocycles. The van der Waals surface area contributed by atoms with Crippen LogP contribution >= 0.6 is 0 Å². The van der Waals surface area contributed by atoms with E-state index >= 15 is 0 Å². The van der Waals surface area contributed by atoms with Gasteiger partial charge >= 0.3 is 6.05 Å². The number of carbonyl (C=O) groups excluding carboxylic acids is 1. The molecule has 46 valence electrons. The Kier molecular flexibility index (Phi) is 1.04. The summed E-state index contributed by atoms with van der Waals surface area (Å²) in [7, 11) is 0. The molecule has 1 rings (SSSR count). The maximum Gasteiger partial charge on any atom is 0.361 e. The Morgan fingerprint density at radius 1 is 1.62 bits per heavy atom. The third-order valence-corrected chi connectivity index (χ3v) is 1.05. The van der Waals surface area contributed by atoms with E-state index in [1.807, 2.05) is 0 Å². The van der Waals surface area contributed by atoms with Gasteiger partial charge in [-0.3, -0.25) is 10.1 Å². The Bertz CT molecular complexity index is 123. The molecule has 1 N–H and O–H groups in total. The largest absolute Gasteiger partial charge is 0.361 e. The van der Waals surface area contributed by atoms with Gasteiger partial charge in [0.1, 0.15) is 0 Å². The topological polar surface area (TPSA) is 29.1 Å². The summed E-state index contributed by atoms with van der Waals surface area (Å²) in [6.45, 7) is 0.103. The van der Waals surface area contributed by atoms with Gasteiger partial charge in [0, 0.05) is 13.0 Å². The first-order chi connectivity index (χ1) is 3.63. The molecule has 1 saturated heterocycles. The molecule has 1 aliphatic rings. The lowest BCUT2D eigenvalue weighted by Crippen LogP contribution is -2.34. The number of nitrogens with one attached hydrogen (secondary N) is 1. The number of Topliss-reactive ketones (excluding diaryl/α,β-unsaturated/α-hetero) is 1. The lowest BCUT2D eigenvalue weighted by molar-refractivity contribution is -0.140. The summed E-state index contributed by atoms with van der Waals surface area (Å²) in [4.78, 5) is 10.1. The van der Waals surface area contributed by atoms with Gasteiger partial charge in [-0.25, -0.2) is 0 Å². The quantitative estimate of drug-likeness (QED) is 0.462. The van der Waals surface area contributed by atoms with Crippen molar-refractivity contribution in [3.05, 3.63) is 0 Å². The molecule has 0 aliphatic carbocycles. The maximum atomic E-state index is 11.9. The first kappa shape index (κ1) is 5.62. The molecule has 0 radical (unpaired) electrons. The summed E-state index contributed by atoms with van der Waals surface area (Å²) >= 11 is 0. The van der Waals surface area contributed by atoms with E-state index in [-0.39, 0.29) is 13.0 Å². The molecular formula is C4H5F2NO. The molecule has 0 spiro atoms. The van der Waals surface area contributed by atoms with E-state index in [4.69, 9.17) is 0 Å². The molecule has 1 heterocycles. The fourth-order valence-corrected chi connectivity index (χ4v) is 0.589. The highest BCUT2D eigenvalue weighted by Crippen LogP contribution is 2.17. The predicted molar refractivity (Wildman–Crippen MR) is 22.6 cm³/mol. The predicted octanol–water partition coefficient (Wildman–Crippen LogP) is 0.142. The van der Waals surface area contributed by atoms with Crippen LogP contribution in [0.15, 0.2) is 0 Å². The van der Waals surface area contributed by atoms with Gasteiger partial charge in [0.15, 0.2) is 0 Å². The van der Waals surface area contributed by atoms with E-state index in [0.717, 1.165) is 0 Å². The molecule has 0 aromatic rings. The van der Waals surface area contributed by atoms with Gasteiger partial charge in [-0.15, -0.1) is 0 Å². The van der Waals surface area contributed by atoms with Gasteiger partial charge in [-0.05, 0) is 0 Å². The first-order valence-corrected chi connectivity index (χ1v) is 2.29. The number of alkyl halides is 2. The summed E-state index contributed by atoms with van der Waals surface area (Å²) in [5.41, 5.74) is 0. The van der Waals surface area contributed by atoms with Crippen LogP contribution in [-0.4, -0.2) is 18.4 Å². The van der Waals surface area contributed by atoms with Gasteiger partial charge in [-0.2, -0.15) is 8.78 Å². The standard InChI is InChI=1S/C4H5F2NO/c5-4(6)3(8)1-2-7-4/h7H,1-2H2. The van der Waals surface area contributed by atoms with Crippen molar-refractivity contribution in [2.45, 2.75) is 12.5 Å². The van der Waals surface area contributed by atoms with Crippen LogP contribution in [-0.2, 0) is 4.79 Å². The van der Waals surface area contributed by atoms with E-state index in [2.05, 4.69) is 0 Å². The van der Waals surface area contributed by atoms with Crippen molar-refractivity contribution in [1.82, 2.24) is 5.32 Å². The lowest BCUT2D eigenvalue weighted by atomic mass is 10.3. The van der Waals surface area contributed by atoms with Crippen molar-refractivity contribution in [2.24, 2.45) is 0 Å². The van der Waals surface area contributed by atoms with E-state index in [1.165, 1.54) is 0 Å². The van der Waals surface area contributed by atoms with Gasteiger partial charge in [-0.1, -0.05) is 0 Å². The SMILES string of the molecule is O=C1CCNC1(F)F. The van der Waals surface area contributed by atoms with Gasteiger partial charge < -0.3 is 0 Å². The van der Waals surface area contributed by atoms with Crippen molar-refractivity contribution in [1.29, 1.82) is 0 Å². The zero-order valence-corrected chi connectivity index (χ0v) is 4.08. The van der Waals surface area contributed by atoms with Crippen LogP contribution in [0.2, 0.25) is 0 Å². The Morgan fingerprint density at radius 2 is 2.25 bits per heavy atom. The molecular weight excluding hydrogens is 116 g/mol. The summed E-state index contributed by atoms with van der Waals surface area (Å²) < 4.78 is 23.8. The summed E-state index contributed by atoms with van der Waals surface area (Å²) in [6, 6.07) is -3.24. The van der Waals surface area contributed by atoms with Crippen LogP contribution in [0.5, 0.6) is 0 Å². The zero-order valence-electron chi connectivity index (χ0n) is 4.08. The van der Waals surface area contributed by atoms with Gasteiger partial charge in [0.05, 0.1) is 0 Å². The van der Waals surface area contributed by atoms with Gasteiger partial charge in [0.2, 0.25) is 5.78 Å². The van der Waals surface area contributed by atoms with Crippen molar-refractivity contribution in [3.63, 3.8) is 0 Å². The summed E-state index contributed by atoms with van der Waals surface area (Å²) in [6.07, 6.45) is -0.0486. The number of ketones is 1. The van der Waals surface area contributed by atoms with Crippen molar-refractivity contribution < 1.29 is 13.6 Å².